The monoisotopic (exact) mass is 400 g/mol. The molecule has 154 valence electrons. The highest BCUT2D eigenvalue weighted by atomic mass is 28.4. The Morgan fingerprint density at radius 3 is 1.93 bits per heavy atom. The highest BCUT2D eigenvalue weighted by Gasteiger charge is 2.39. The van der Waals surface area contributed by atoms with E-state index < -0.39 is 14.8 Å². The van der Waals surface area contributed by atoms with E-state index in [2.05, 4.69) is 0 Å². The Hall–Kier alpha value is -1.61. The van der Waals surface area contributed by atoms with Crippen LogP contribution in [0, 0.1) is 0 Å². The Morgan fingerprint density at radius 1 is 0.926 bits per heavy atom. The summed E-state index contributed by atoms with van der Waals surface area (Å²) in [5, 5.41) is 0. The maximum absolute atomic E-state index is 11.4. The zero-order valence-electron chi connectivity index (χ0n) is 17.3. The van der Waals surface area contributed by atoms with Gasteiger partial charge in [0.15, 0.2) is 11.5 Å². The van der Waals surface area contributed by atoms with Gasteiger partial charge in [0.2, 0.25) is 5.75 Å². The summed E-state index contributed by atoms with van der Waals surface area (Å²) in [6.45, 7) is 8.85. The van der Waals surface area contributed by atoms with Gasteiger partial charge in [0.1, 0.15) is 0 Å². The van der Waals surface area contributed by atoms with Gasteiger partial charge >= 0.3 is 14.8 Å². The van der Waals surface area contributed by atoms with Crippen molar-refractivity contribution in [1.82, 2.24) is 0 Å². The molecule has 1 aromatic carbocycles. The topological polar surface area (TPSA) is 72.5 Å². The third kappa shape index (κ3) is 7.14. The van der Waals surface area contributed by atoms with E-state index in [4.69, 9.17) is 27.5 Å². The first-order chi connectivity index (χ1) is 12.9. The molecule has 0 atom stereocenters. The van der Waals surface area contributed by atoms with Crippen molar-refractivity contribution >= 4 is 14.8 Å². The van der Waals surface area contributed by atoms with Gasteiger partial charge in [-0.3, -0.25) is 4.79 Å². The molecule has 0 radical (unpaired) electrons. The summed E-state index contributed by atoms with van der Waals surface area (Å²) in [6.07, 6.45) is 1.54. The second-order valence-electron chi connectivity index (χ2n) is 5.76. The molecule has 1 aromatic rings. The van der Waals surface area contributed by atoms with E-state index in [1.807, 2.05) is 26.8 Å². The molecule has 0 bridgehead atoms. The summed E-state index contributed by atoms with van der Waals surface area (Å²) in [6, 6.07) is 4.39. The van der Waals surface area contributed by atoms with Crippen LogP contribution < -0.4 is 14.2 Å². The number of esters is 1. The maximum atomic E-state index is 11.4. The second kappa shape index (κ2) is 12.0. The van der Waals surface area contributed by atoms with Gasteiger partial charge < -0.3 is 27.5 Å². The molecule has 0 aliphatic heterocycles. The molecular formula is C19H32O7Si. The standard InChI is InChI=1S/C19H32O7Si/c1-7-23-27(24-8-2,25-9-3)12-10-11-16-13-17(21-5)19(22-6)18(14-16)26-15(4)20/h13-14H,7-12H2,1-6H3. The summed E-state index contributed by atoms with van der Waals surface area (Å²) >= 11 is 0. The molecule has 1 rings (SSSR count). The quantitative estimate of drug-likeness (QED) is 0.284. The smallest absolute Gasteiger partial charge is 0.493 e. The minimum Gasteiger partial charge on any atom is -0.493 e. The van der Waals surface area contributed by atoms with Crippen LogP contribution in [0.25, 0.3) is 0 Å². The largest absolute Gasteiger partial charge is 0.500 e. The molecule has 0 saturated carbocycles. The van der Waals surface area contributed by atoms with E-state index in [1.165, 1.54) is 14.0 Å². The van der Waals surface area contributed by atoms with Crippen LogP contribution in [-0.2, 0) is 24.5 Å². The molecule has 0 heterocycles. The van der Waals surface area contributed by atoms with Crippen LogP contribution in [0.15, 0.2) is 12.1 Å². The third-order valence-electron chi connectivity index (χ3n) is 3.80. The van der Waals surface area contributed by atoms with Crippen molar-refractivity contribution < 1.29 is 32.3 Å². The Balaban J connectivity index is 2.95. The normalized spacial score (nSPS) is 11.3. The number of rotatable bonds is 13. The molecule has 0 spiro atoms. The highest BCUT2D eigenvalue weighted by molar-refractivity contribution is 6.60. The van der Waals surface area contributed by atoms with Crippen molar-refractivity contribution in [2.24, 2.45) is 0 Å². The maximum Gasteiger partial charge on any atom is 0.500 e. The van der Waals surface area contributed by atoms with E-state index in [0.717, 1.165) is 18.4 Å². The van der Waals surface area contributed by atoms with Gasteiger partial charge in [-0.2, -0.15) is 0 Å². The summed E-state index contributed by atoms with van der Waals surface area (Å²) in [5.41, 5.74) is 0.969. The molecule has 0 saturated heterocycles. The van der Waals surface area contributed by atoms with Crippen molar-refractivity contribution in [3.05, 3.63) is 17.7 Å². The Morgan fingerprint density at radius 2 is 1.48 bits per heavy atom. The number of benzene rings is 1. The fraction of sp³-hybridized carbons (Fsp3) is 0.632. The molecule has 7 nitrogen and oxygen atoms in total. The van der Waals surface area contributed by atoms with E-state index in [-0.39, 0.29) is 0 Å². The molecule has 0 amide bonds. The van der Waals surface area contributed by atoms with Crippen LogP contribution in [0.4, 0.5) is 0 Å². The van der Waals surface area contributed by atoms with Crippen LogP contribution >= 0.6 is 0 Å². The van der Waals surface area contributed by atoms with Gasteiger partial charge in [0.05, 0.1) is 14.2 Å². The zero-order valence-corrected chi connectivity index (χ0v) is 18.3. The van der Waals surface area contributed by atoms with Crippen LogP contribution in [-0.4, -0.2) is 48.8 Å². The van der Waals surface area contributed by atoms with Crippen molar-refractivity contribution in [3.63, 3.8) is 0 Å². The molecule has 27 heavy (non-hydrogen) atoms. The molecule has 0 N–H and O–H groups in total. The Labute approximate surface area is 163 Å². The molecule has 0 fully saturated rings. The van der Waals surface area contributed by atoms with Crippen LogP contribution in [0.1, 0.15) is 39.7 Å². The lowest BCUT2D eigenvalue weighted by atomic mass is 10.1. The van der Waals surface area contributed by atoms with Gasteiger partial charge in [-0.1, -0.05) is 0 Å². The van der Waals surface area contributed by atoms with Crippen molar-refractivity contribution in [1.29, 1.82) is 0 Å². The first-order valence-electron chi connectivity index (χ1n) is 9.30. The van der Waals surface area contributed by atoms with E-state index >= 15 is 0 Å². The second-order valence-corrected chi connectivity index (χ2v) is 8.49. The number of hydrogen-bond acceptors (Lipinski definition) is 7. The van der Waals surface area contributed by atoms with E-state index in [9.17, 15) is 4.79 Å². The van der Waals surface area contributed by atoms with Crippen LogP contribution in [0.5, 0.6) is 17.2 Å². The first-order valence-corrected chi connectivity index (χ1v) is 11.2. The highest BCUT2D eigenvalue weighted by Crippen LogP contribution is 2.39. The average Bonchev–Trinajstić information content (AvgIpc) is 2.61. The molecule has 0 aliphatic rings. The average molecular weight is 401 g/mol. The number of ether oxygens (including phenoxy) is 3. The zero-order chi connectivity index (χ0) is 20.3. The fourth-order valence-corrected chi connectivity index (χ4v) is 5.48. The van der Waals surface area contributed by atoms with Crippen LogP contribution in [0.3, 0.4) is 0 Å². The minimum absolute atomic E-state index is 0.349. The molecule has 0 unspecified atom stereocenters. The van der Waals surface area contributed by atoms with Crippen molar-refractivity contribution in [2.45, 2.75) is 46.6 Å². The van der Waals surface area contributed by atoms with Gasteiger partial charge in [-0.05, 0) is 51.3 Å². The SMILES string of the molecule is CCO[Si](CCCc1cc(OC)c(OC)c(OC(C)=O)c1)(OCC)OCC. The summed E-state index contributed by atoms with van der Waals surface area (Å²) in [7, 11) is 0.392. The van der Waals surface area contributed by atoms with E-state index in [0.29, 0.717) is 43.1 Å². The number of carbonyl (C=O) groups excluding carboxylic acids is 1. The minimum atomic E-state index is -2.67. The van der Waals surface area contributed by atoms with E-state index in [1.54, 1.807) is 13.2 Å². The Kier molecular flexibility index (Phi) is 10.4. The predicted molar refractivity (Wildman–Crippen MR) is 105 cm³/mol. The van der Waals surface area contributed by atoms with Crippen LogP contribution in [0.2, 0.25) is 6.04 Å². The number of aryl methyl sites for hydroxylation is 1. The number of methoxy groups -OCH3 is 2. The first kappa shape index (κ1) is 23.4. The van der Waals surface area contributed by atoms with Gasteiger partial charge in [0.25, 0.3) is 0 Å². The molecular weight excluding hydrogens is 368 g/mol. The molecule has 0 aliphatic carbocycles. The predicted octanol–water partition coefficient (Wildman–Crippen LogP) is 3.61. The molecule has 0 aromatic heterocycles. The van der Waals surface area contributed by atoms with Gasteiger partial charge in [-0.15, -0.1) is 0 Å². The lowest BCUT2D eigenvalue weighted by Gasteiger charge is -2.28. The van der Waals surface area contributed by atoms with Gasteiger partial charge in [-0.25, -0.2) is 0 Å². The summed E-state index contributed by atoms with van der Waals surface area (Å²) in [5.74, 6) is 0.859. The van der Waals surface area contributed by atoms with Crippen molar-refractivity contribution in [2.75, 3.05) is 34.0 Å². The lowest BCUT2D eigenvalue weighted by molar-refractivity contribution is -0.132. The number of hydrogen-bond donors (Lipinski definition) is 0. The lowest BCUT2D eigenvalue weighted by Crippen LogP contribution is -2.46. The summed E-state index contributed by atoms with van der Waals surface area (Å²) < 4.78 is 33.6. The summed E-state index contributed by atoms with van der Waals surface area (Å²) in [4.78, 5) is 11.4. The fourth-order valence-electron chi connectivity index (χ4n) is 2.87. The van der Waals surface area contributed by atoms with Gasteiger partial charge in [0, 0.05) is 32.8 Å². The Bertz CT molecular complexity index is 575. The molecule has 8 heteroatoms. The third-order valence-corrected chi connectivity index (χ3v) is 6.95. The number of carbonyl (C=O) groups is 1. The van der Waals surface area contributed by atoms with Crippen molar-refractivity contribution in [3.8, 4) is 17.2 Å².